The van der Waals surface area contributed by atoms with Gasteiger partial charge in [0.25, 0.3) is 0 Å². The van der Waals surface area contributed by atoms with Gasteiger partial charge in [-0.05, 0) is 12.1 Å². The van der Waals surface area contributed by atoms with Crippen molar-refractivity contribution in [3.05, 3.63) is 40.8 Å². The molecule has 1 heterocycles. The fourth-order valence-corrected chi connectivity index (χ4v) is 1.30. The van der Waals surface area contributed by atoms with Gasteiger partial charge in [-0.3, -0.25) is 5.43 Å². The zero-order valence-corrected chi connectivity index (χ0v) is 8.10. The number of fused-ring (bicyclic) bond motifs is 1. The number of benzene rings is 1. The number of amides is 1. The van der Waals surface area contributed by atoms with Crippen molar-refractivity contribution in [2.45, 2.75) is 0 Å². The van der Waals surface area contributed by atoms with Crippen molar-refractivity contribution < 1.29 is 13.9 Å². The maximum Gasteiger partial charge on any atom is 0.426 e. The van der Waals surface area contributed by atoms with Crippen LogP contribution in [0.2, 0.25) is 0 Å². The molecule has 0 saturated heterocycles. The molecule has 1 aromatic heterocycles. The molecule has 0 fully saturated rings. The van der Waals surface area contributed by atoms with Crippen molar-refractivity contribution in [1.29, 1.82) is 0 Å². The first kappa shape index (κ1) is 10.2. The predicted molar refractivity (Wildman–Crippen MR) is 55.8 cm³/mol. The van der Waals surface area contributed by atoms with E-state index in [1.165, 1.54) is 0 Å². The first-order chi connectivity index (χ1) is 7.70. The Morgan fingerprint density at radius 1 is 1.38 bits per heavy atom. The summed E-state index contributed by atoms with van der Waals surface area (Å²) in [4.78, 5) is 22.1. The molecular formula is C10H8N2O4. The summed E-state index contributed by atoms with van der Waals surface area (Å²) in [5.41, 5.74) is 1.55. The van der Waals surface area contributed by atoms with Crippen LogP contribution in [0, 0.1) is 0 Å². The van der Waals surface area contributed by atoms with Crippen LogP contribution in [0.1, 0.15) is 0 Å². The third-order valence-electron chi connectivity index (χ3n) is 1.93. The van der Waals surface area contributed by atoms with Gasteiger partial charge < -0.3 is 9.15 Å². The number of nitrogens with one attached hydrogen (secondary N) is 1. The Morgan fingerprint density at radius 3 is 2.88 bits per heavy atom. The molecule has 1 aromatic carbocycles. The van der Waals surface area contributed by atoms with Gasteiger partial charge in [0.1, 0.15) is 5.58 Å². The van der Waals surface area contributed by atoms with Crippen LogP contribution < -0.4 is 21.6 Å². The Hall–Kier alpha value is -2.34. The molecule has 6 nitrogen and oxygen atoms in total. The maximum absolute atomic E-state index is 11.2. The Morgan fingerprint density at radius 2 is 2.12 bits per heavy atom. The third kappa shape index (κ3) is 1.86. The van der Waals surface area contributed by atoms with E-state index in [0.29, 0.717) is 11.0 Å². The molecule has 3 N–H and O–H groups in total. The highest BCUT2D eigenvalue weighted by Crippen LogP contribution is 2.22. The van der Waals surface area contributed by atoms with E-state index in [1.807, 2.05) is 0 Å². The van der Waals surface area contributed by atoms with Gasteiger partial charge in [0.15, 0.2) is 5.75 Å². The van der Waals surface area contributed by atoms with E-state index in [4.69, 9.17) is 15.0 Å². The van der Waals surface area contributed by atoms with Gasteiger partial charge in [-0.1, -0.05) is 12.1 Å². The van der Waals surface area contributed by atoms with Crippen LogP contribution in [0.25, 0.3) is 11.0 Å². The van der Waals surface area contributed by atoms with Gasteiger partial charge in [0, 0.05) is 0 Å². The van der Waals surface area contributed by atoms with Gasteiger partial charge in [-0.25, -0.2) is 15.4 Å². The van der Waals surface area contributed by atoms with Gasteiger partial charge in [-0.2, -0.15) is 0 Å². The Kier molecular flexibility index (Phi) is 2.57. The van der Waals surface area contributed by atoms with Crippen LogP contribution in [0.4, 0.5) is 4.79 Å². The highest BCUT2D eigenvalue weighted by Gasteiger charge is 2.09. The van der Waals surface area contributed by atoms with Crippen LogP contribution in [-0.4, -0.2) is 6.09 Å². The average molecular weight is 220 g/mol. The summed E-state index contributed by atoms with van der Waals surface area (Å²) < 4.78 is 9.74. The van der Waals surface area contributed by atoms with Crippen LogP contribution in [-0.2, 0) is 0 Å². The maximum atomic E-state index is 11.2. The summed E-state index contributed by atoms with van der Waals surface area (Å²) in [5.74, 6) is 4.98. The molecule has 6 heteroatoms. The number of rotatable bonds is 1. The summed E-state index contributed by atoms with van der Waals surface area (Å²) in [6.45, 7) is 0. The Bertz CT molecular complexity index is 591. The summed E-state index contributed by atoms with van der Waals surface area (Å²) in [6.07, 6.45) is -0.851. The van der Waals surface area contributed by atoms with Crippen LogP contribution in [0.3, 0.4) is 0 Å². The van der Waals surface area contributed by atoms with E-state index in [1.54, 1.807) is 29.7 Å². The van der Waals surface area contributed by atoms with Crippen molar-refractivity contribution in [2.75, 3.05) is 0 Å². The van der Waals surface area contributed by atoms with E-state index in [9.17, 15) is 9.59 Å². The molecule has 1 amide bonds. The van der Waals surface area contributed by atoms with E-state index in [0.717, 1.165) is 6.07 Å². The van der Waals surface area contributed by atoms with Crippen LogP contribution in [0.15, 0.2) is 39.5 Å². The number of ether oxygens (including phenoxy) is 1. The number of hydrogen-bond acceptors (Lipinski definition) is 5. The first-order valence-electron chi connectivity index (χ1n) is 4.42. The van der Waals surface area contributed by atoms with Gasteiger partial charge in [0.05, 0.1) is 11.5 Å². The fourth-order valence-electron chi connectivity index (χ4n) is 1.30. The number of hydrogen-bond donors (Lipinski definition) is 2. The largest absolute Gasteiger partial charge is 0.426 e. The van der Waals surface area contributed by atoms with Gasteiger partial charge in [-0.15, -0.1) is 0 Å². The molecule has 0 spiro atoms. The molecule has 2 aromatic rings. The first-order valence-corrected chi connectivity index (χ1v) is 4.42. The number of nitrogens with two attached hydrogens (primary N) is 1. The zero-order valence-electron chi connectivity index (χ0n) is 8.10. The zero-order chi connectivity index (χ0) is 11.5. The number of para-hydroxylation sites is 1. The summed E-state index contributed by atoms with van der Waals surface area (Å²) in [5, 5.41) is 0.519. The molecule has 16 heavy (non-hydrogen) atoms. The Balaban J connectivity index is 2.59. The topological polar surface area (TPSA) is 94.6 Å². The van der Waals surface area contributed by atoms with E-state index in [2.05, 4.69) is 0 Å². The molecule has 0 radical (unpaired) electrons. The number of hydrazine groups is 1. The minimum Gasteiger partial charge on any atom is -0.422 e. The lowest BCUT2D eigenvalue weighted by Crippen LogP contribution is -2.33. The van der Waals surface area contributed by atoms with E-state index >= 15 is 0 Å². The highest BCUT2D eigenvalue weighted by molar-refractivity contribution is 5.85. The second-order valence-corrected chi connectivity index (χ2v) is 2.96. The smallest absolute Gasteiger partial charge is 0.422 e. The molecule has 0 unspecified atom stereocenters. The normalized spacial score (nSPS) is 10.1. The van der Waals surface area contributed by atoms with Crippen molar-refractivity contribution in [2.24, 2.45) is 5.84 Å². The quantitative estimate of drug-likeness (QED) is 0.320. The molecule has 0 bridgehead atoms. The SMILES string of the molecule is NNC(=O)Oc1cc(=O)oc2ccccc12. The lowest BCUT2D eigenvalue weighted by molar-refractivity contribution is 0.201. The molecule has 0 saturated carbocycles. The minimum absolute atomic E-state index is 0.106. The van der Waals surface area contributed by atoms with Gasteiger partial charge >= 0.3 is 11.7 Å². The molecule has 0 atom stereocenters. The molecule has 82 valence electrons. The van der Waals surface area contributed by atoms with Crippen molar-refractivity contribution >= 4 is 17.1 Å². The number of carbonyl (C=O) groups excluding carboxylic acids is 1. The standard InChI is InChI=1S/C10H8N2O4/c11-12-10(14)16-8-5-9(13)15-7-4-2-1-3-6(7)8/h1-5H,11H2,(H,12,14). The lowest BCUT2D eigenvalue weighted by Gasteiger charge is -2.05. The average Bonchev–Trinajstić information content (AvgIpc) is 2.28. The van der Waals surface area contributed by atoms with E-state index in [-0.39, 0.29) is 5.75 Å². The van der Waals surface area contributed by atoms with E-state index < -0.39 is 11.7 Å². The minimum atomic E-state index is -0.851. The summed E-state index contributed by atoms with van der Waals surface area (Å²) >= 11 is 0. The molecule has 2 rings (SSSR count). The molecule has 0 aliphatic heterocycles. The van der Waals surface area contributed by atoms with Crippen molar-refractivity contribution in [1.82, 2.24) is 5.43 Å². The molecular weight excluding hydrogens is 212 g/mol. The van der Waals surface area contributed by atoms with Crippen molar-refractivity contribution in [3.63, 3.8) is 0 Å². The number of carbonyl (C=O) groups is 1. The predicted octanol–water partition coefficient (Wildman–Crippen LogP) is 0.755. The van der Waals surface area contributed by atoms with Crippen molar-refractivity contribution in [3.8, 4) is 5.75 Å². The second kappa shape index (κ2) is 4.03. The third-order valence-corrected chi connectivity index (χ3v) is 1.93. The monoisotopic (exact) mass is 220 g/mol. The molecule has 0 aliphatic rings. The second-order valence-electron chi connectivity index (χ2n) is 2.96. The fraction of sp³-hybridized carbons (Fsp3) is 0. The molecule has 0 aliphatic carbocycles. The van der Waals surface area contributed by atoms with Gasteiger partial charge in [0.2, 0.25) is 0 Å². The van der Waals surface area contributed by atoms with Crippen LogP contribution in [0.5, 0.6) is 5.75 Å². The lowest BCUT2D eigenvalue weighted by atomic mass is 10.2. The highest BCUT2D eigenvalue weighted by atomic mass is 16.6. The summed E-state index contributed by atoms with van der Waals surface area (Å²) in [6, 6.07) is 7.78. The van der Waals surface area contributed by atoms with Crippen LogP contribution >= 0.6 is 0 Å². The summed E-state index contributed by atoms with van der Waals surface area (Å²) in [7, 11) is 0. The Labute approximate surface area is 89.6 Å².